The van der Waals surface area contributed by atoms with Crippen LogP contribution in [-0.2, 0) is 11.3 Å². The number of hydrogen-bond donors (Lipinski definition) is 1. The second kappa shape index (κ2) is 6.87. The number of ether oxygens (including phenoxy) is 2. The van der Waals surface area contributed by atoms with Gasteiger partial charge in [0.15, 0.2) is 0 Å². The van der Waals surface area contributed by atoms with Gasteiger partial charge in [-0.2, -0.15) is 5.26 Å². The van der Waals surface area contributed by atoms with Crippen molar-refractivity contribution >= 4 is 5.82 Å². The van der Waals surface area contributed by atoms with Gasteiger partial charge < -0.3 is 14.8 Å². The first-order chi connectivity index (χ1) is 10.8. The third-order valence-electron chi connectivity index (χ3n) is 3.34. The number of hydrogen-bond acceptors (Lipinski definition) is 6. The summed E-state index contributed by atoms with van der Waals surface area (Å²) in [5, 5.41) is 11.9. The lowest BCUT2D eigenvalue weighted by Gasteiger charge is -2.12. The van der Waals surface area contributed by atoms with E-state index in [9.17, 15) is 0 Å². The van der Waals surface area contributed by atoms with Crippen molar-refractivity contribution in [2.75, 3.05) is 18.5 Å². The minimum absolute atomic E-state index is 0.0934. The van der Waals surface area contributed by atoms with Crippen molar-refractivity contribution in [2.24, 2.45) is 0 Å². The Morgan fingerprint density at radius 2 is 2.32 bits per heavy atom. The van der Waals surface area contributed by atoms with E-state index in [0.29, 0.717) is 24.6 Å². The van der Waals surface area contributed by atoms with Crippen LogP contribution in [0.4, 0.5) is 5.82 Å². The Labute approximate surface area is 128 Å². The highest BCUT2D eigenvalue weighted by molar-refractivity contribution is 5.39. The van der Waals surface area contributed by atoms with Crippen molar-refractivity contribution in [3.05, 3.63) is 47.8 Å². The number of aromatic nitrogens is 2. The molecule has 6 heteroatoms. The average molecular weight is 296 g/mol. The number of anilines is 1. The van der Waals surface area contributed by atoms with Gasteiger partial charge in [0.25, 0.3) is 0 Å². The predicted molar refractivity (Wildman–Crippen MR) is 80.4 cm³/mol. The van der Waals surface area contributed by atoms with Crippen LogP contribution in [0.3, 0.4) is 0 Å². The molecule has 0 aliphatic carbocycles. The lowest BCUT2D eigenvalue weighted by Crippen LogP contribution is -2.16. The molecule has 0 amide bonds. The summed E-state index contributed by atoms with van der Waals surface area (Å²) in [6.07, 6.45) is 4.27. The van der Waals surface area contributed by atoms with Crippen molar-refractivity contribution < 1.29 is 9.47 Å². The molecule has 2 aromatic heterocycles. The molecule has 22 heavy (non-hydrogen) atoms. The summed E-state index contributed by atoms with van der Waals surface area (Å²) in [6, 6.07) is 9.40. The molecule has 112 valence electrons. The van der Waals surface area contributed by atoms with Crippen molar-refractivity contribution in [1.29, 1.82) is 5.26 Å². The van der Waals surface area contributed by atoms with Crippen molar-refractivity contribution in [2.45, 2.75) is 19.1 Å². The molecule has 0 bridgehead atoms. The number of nitrogens with one attached hydrogen (secondary N) is 1. The van der Waals surface area contributed by atoms with Gasteiger partial charge in [-0.3, -0.25) is 0 Å². The first-order valence-corrected chi connectivity index (χ1v) is 7.13. The number of nitrogens with zero attached hydrogens (tertiary/aromatic N) is 3. The summed E-state index contributed by atoms with van der Waals surface area (Å²) in [5.41, 5.74) is 1.60. The van der Waals surface area contributed by atoms with Crippen LogP contribution in [0.25, 0.3) is 0 Å². The molecule has 1 atom stereocenters. The molecule has 0 spiro atoms. The Morgan fingerprint density at radius 3 is 3.05 bits per heavy atom. The van der Waals surface area contributed by atoms with Crippen LogP contribution >= 0.6 is 0 Å². The monoisotopic (exact) mass is 296 g/mol. The minimum Gasteiger partial charge on any atom is -0.472 e. The molecule has 0 saturated carbocycles. The van der Waals surface area contributed by atoms with Gasteiger partial charge in [-0.15, -0.1) is 0 Å². The maximum absolute atomic E-state index is 8.74. The quantitative estimate of drug-likeness (QED) is 0.910. The molecule has 6 nitrogen and oxygen atoms in total. The van der Waals surface area contributed by atoms with E-state index in [1.165, 1.54) is 0 Å². The maximum Gasteiger partial charge on any atom is 0.213 e. The second-order valence-electron chi connectivity index (χ2n) is 5.00. The standard InChI is InChI=1S/C16H16N4O2/c17-8-13-1-2-15(20-10-13)19-9-12-3-5-18-16(7-12)22-14-4-6-21-11-14/h1-3,5,7,10,14H,4,6,9,11H2,(H,19,20). The van der Waals surface area contributed by atoms with Gasteiger partial charge in [-0.1, -0.05) is 0 Å². The minimum atomic E-state index is 0.0934. The number of nitriles is 1. The molecule has 2 aromatic rings. The molecule has 1 fully saturated rings. The van der Waals surface area contributed by atoms with Crippen molar-refractivity contribution in [1.82, 2.24) is 9.97 Å². The first kappa shape index (κ1) is 14.3. The molecule has 0 aromatic carbocycles. The molecule has 1 N–H and O–H groups in total. The third-order valence-corrected chi connectivity index (χ3v) is 3.34. The van der Waals surface area contributed by atoms with Crippen molar-refractivity contribution in [3.8, 4) is 11.9 Å². The van der Waals surface area contributed by atoms with Crippen molar-refractivity contribution in [3.63, 3.8) is 0 Å². The summed E-state index contributed by atoms with van der Waals surface area (Å²) in [4.78, 5) is 8.40. The van der Waals surface area contributed by atoms with Crippen LogP contribution in [-0.4, -0.2) is 29.3 Å². The van der Waals surface area contributed by atoms with Gasteiger partial charge in [0.2, 0.25) is 5.88 Å². The fourth-order valence-electron chi connectivity index (χ4n) is 2.16. The zero-order chi connectivity index (χ0) is 15.2. The lowest BCUT2D eigenvalue weighted by molar-refractivity contribution is 0.138. The predicted octanol–water partition coefficient (Wildman–Crippen LogP) is 2.13. The number of pyridine rings is 2. The smallest absolute Gasteiger partial charge is 0.213 e. The molecule has 0 radical (unpaired) electrons. The van der Waals surface area contributed by atoms with E-state index in [1.54, 1.807) is 24.5 Å². The van der Waals surface area contributed by atoms with E-state index in [1.807, 2.05) is 18.2 Å². The zero-order valence-corrected chi connectivity index (χ0v) is 12.0. The molecule has 3 heterocycles. The SMILES string of the molecule is N#Cc1ccc(NCc2ccnc(OC3CCOC3)c2)nc1. The summed E-state index contributed by atoms with van der Waals surface area (Å²) < 4.78 is 11.1. The normalized spacial score (nSPS) is 17.0. The van der Waals surface area contributed by atoms with E-state index in [2.05, 4.69) is 15.3 Å². The van der Waals surface area contributed by atoms with Crippen LogP contribution in [0, 0.1) is 11.3 Å². The topological polar surface area (TPSA) is 80.1 Å². The average Bonchev–Trinajstić information content (AvgIpc) is 3.07. The van der Waals surface area contributed by atoms with Crippen LogP contribution in [0.2, 0.25) is 0 Å². The highest BCUT2D eigenvalue weighted by Crippen LogP contribution is 2.16. The fraction of sp³-hybridized carbons (Fsp3) is 0.312. The highest BCUT2D eigenvalue weighted by Gasteiger charge is 2.17. The molecule has 1 aliphatic rings. The van der Waals surface area contributed by atoms with Crippen LogP contribution < -0.4 is 10.1 Å². The Bertz CT molecular complexity index is 661. The summed E-state index contributed by atoms with van der Waals surface area (Å²) >= 11 is 0. The van der Waals surface area contributed by atoms with Gasteiger partial charge >= 0.3 is 0 Å². The summed E-state index contributed by atoms with van der Waals surface area (Å²) in [5.74, 6) is 1.34. The summed E-state index contributed by atoms with van der Waals surface area (Å²) in [7, 11) is 0. The molecular weight excluding hydrogens is 280 g/mol. The molecule has 1 unspecified atom stereocenters. The van der Waals surface area contributed by atoms with E-state index < -0.39 is 0 Å². The highest BCUT2D eigenvalue weighted by atomic mass is 16.5. The number of rotatable bonds is 5. The van der Waals surface area contributed by atoms with E-state index >= 15 is 0 Å². The Balaban J connectivity index is 1.58. The third kappa shape index (κ3) is 3.71. The fourth-order valence-corrected chi connectivity index (χ4v) is 2.16. The van der Waals surface area contributed by atoms with Crippen LogP contribution in [0.5, 0.6) is 5.88 Å². The van der Waals surface area contributed by atoms with Gasteiger partial charge in [0, 0.05) is 31.4 Å². The molecular formula is C16H16N4O2. The first-order valence-electron chi connectivity index (χ1n) is 7.13. The van der Waals surface area contributed by atoms with E-state index in [-0.39, 0.29) is 6.10 Å². The Morgan fingerprint density at radius 1 is 1.36 bits per heavy atom. The van der Waals surface area contributed by atoms with Gasteiger partial charge in [-0.05, 0) is 23.8 Å². The van der Waals surface area contributed by atoms with E-state index in [0.717, 1.165) is 24.4 Å². The second-order valence-corrected chi connectivity index (χ2v) is 5.00. The van der Waals surface area contributed by atoms with Crippen LogP contribution in [0.15, 0.2) is 36.7 Å². The van der Waals surface area contributed by atoms with Gasteiger partial charge in [0.1, 0.15) is 18.0 Å². The zero-order valence-electron chi connectivity index (χ0n) is 12.0. The summed E-state index contributed by atoms with van der Waals surface area (Å²) in [6.45, 7) is 1.98. The van der Waals surface area contributed by atoms with Crippen LogP contribution in [0.1, 0.15) is 17.5 Å². The Kier molecular flexibility index (Phi) is 4.47. The van der Waals surface area contributed by atoms with Gasteiger partial charge in [0.05, 0.1) is 18.8 Å². The maximum atomic E-state index is 8.74. The molecule has 3 rings (SSSR count). The molecule has 1 aliphatic heterocycles. The lowest BCUT2D eigenvalue weighted by atomic mass is 10.2. The Hall–Kier alpha value is -2.65. The van der Waals surface area contributed by atoms with E-state index in [4.69, 9.17) is 14.7 Å². The van der Waals surface area contributed by atoms with Gasteiger partial charge in [-0.25, -0.2) is 9.97 Å². The largest absolute Gasteiger partial charge is 0.472 e. The molecule has 1 saturated heterocycles.